The van der Waals surface area contributed by atoms with Crippen molar-refractivity contribution >= 4 is 17.3 Å². The molecule has 0 fully saturated rings. The fourth-order valence-electron chi connectivity index (χ4n) is 3.56. The van der Waals surface area contributed by atoms with Crippen LogP contribution in [0.4, 0.5) is 0 Å². The Hall–Kier alpha value is -3.73. The molecular formula is C24H21N2O3+. The highest BCUT2D eigenvalue weighted by Gasteiger charge is 2.23. The van der Waals surface area contributed by atoms with E-state index < -0.39 is 5.97 Å². The molecule has 0 saturated heterocycles. The zero-order valence-corrected chi connectivity index (χ0v) is 16.3. The van der Waals surface area contributed by atoms with E-state index in [2.05, 4.69) is 6.07 Å². The zero-order valence-electron chi connectivity index (χ0n) is 16.3. The molecule has 1 aromatic carbocycles. The number of ketones is 1. The largest absolute Gasteiger partial charge is 0.465 e. The molecule has 0 bridgehead atoms. The predicted octanol–water partition coefficient (Wildman–Crippen LogP) is 3.87. The number of carbonyl (C=O) groups excluding carboxylic acids is 2. The Labute approximate surface area is 168 Å². The molecule has 29 heavy (non-hydrogen) atoms. The van der Waals surface area contributed by atoms with Crippen molar-refractivity contribution in [2.45, 2.75) is 13.5 Å². The molecule has 144 valence electrons. The molecule has 0 unspecified atom stereocenters. The maximum absolute atomic E-state index is 13.4. The fourth-order valence-corrected chi connectivity index (χ4v) is 3.56. The second kappa shape index (κ2) is 7.72. The van der Waals surface area contributed by atoms with E-state index in [0.717, 1.165) is 22.2 Å². The number of hydrogen-bond donors (Lipinski definition) is 0. The number of hydrogen-bond acceptors (Lipinski definition) is 3. The Bertz CT molecular complexity index is 1210. The minimum absolute atomic E-state index is 0.0403. The van der Waals surface area contributed by atoms with Crippen LogP contribution in [-0.2, 0) is 11.3 Å². The summed E-state index contributed by atoms with van der Waals surface area (Å²) >= 11 is 0. The molecular weight excluding hydrogens is 364 g/mol. The summed E-state index contributed by atoms with van der Waals surface area (Å²) in [6, 6.07) is 19.3. The van der Waals surface area contributed by atoms with Crippen molar-refractivity contribution in [3.8, 4) is 11.1 Å². The van der Waals surface area contributed by atoms with Crippen LogP contribution in [0.15, 0.2) is 79.3 Å². The summed E-state index contributed by atoms with van der Waals surface area (Å²) in [5.41, 5.74) is 5.03. The molecule has 0 spiro atoms. The fraction of sp³-hybridized carbons (Fsp3) is 0.125. The molecule has 0 aliphatic heterocycles. The van der Waals surface area contributed by atoms with Gasteiger partial charge in [-0.05, 0) is 36.2 Å². The van der Waals surface area contributed by atoms with E-state index in [4.69, 9.17) is 4.74 Å². The smallest absolute Gasteiger partial charge is 0.343 e. The highest BCUT2D eigenvalue weighted by Crippen LogP contribution is 2.29. The third-order valence-corrected chi connectivity index (χ3v) is 4.98. The van der Waals surface area contributed by atoms with Crippen molar-refractivity contribution in [2.75, 3.05) is 7.11 Å². The summed E-state index contributed by atoms with van der Waals surface area (Å²) in [5.74, 6) is -0.470. The van der Waals surface area contributed by atoms with Crippen molar-refractivity contribution in [1.29, 1.82) is 0 Å². The van der Waals surface area contributed by atoms with Crippen LogP contribution in [0.1, 0.15) is 26.4 Å². The van der Waals surface area contributed by atoms with Gasteiger partial charge < -0.3 is 9.14 Å². The molecule has 5 heteroatoms. The zero-order chi connectivity index (χ0) is 20.4. The van der Waals surface area contributed by atoms with Crippen LogP contribution in [0, 0.1) is 6.92 Å². The number of Topliss-reactive ketones (excluding diaryl/α,β-unsaturated/α-hetero) is 1. The van der Waals surface area contributed by atoms with E-state index in [1.54, 1.807) is 29.1 Å². The Kier molecular flexibility index (Phi) is 4.96. The summed E-state index contributed by atoms with van der Waals surface area (Å²) in [6.45, 7) is 2.15. The maximum atomic E-state index is 13.4. The van der Waals surface area contributed by atoms with Crippen LogP contribution in [0.2, 0.25) is 0 Å². The van der Waals surface area contributed by atoms with Crippen LogP contribution >= 0.6 is 0 Å². The van der Waals surface area contributed by atoms with E-state index in [1.165, 1.54) is 7.11 Å². The van der Waals surface area contributed by atoms with Gasteiger partial charge in [-0.1, -0.05) is 36.4 Å². The number of esters is 1. The second-order valence-electron chi connectivity index (χ2n) is 6.90. The van der Waals surface area contributed by atoms with Gasteiger partial charge in [-0.25, -0.2) is 4.79 Å². The quantitative estimate of drug-likeness (QED) is 0.298. The van der Waals surface area contributed by atoms with Gasteiger partial charge in [0.05, 0.1) is 7.11 Å². The Morgan fingerprint density at radius 2 is 1.83 bits per heavy atom. The van der Waals surface area contributed by atoms with Crippen molar-refractivity contribution in [3.63, 3.8) is 0 Å². The van der Waals surface area contributed by atoms with Crippen molar-refractivity contribution in [3.05, 3.63) is 96.1 Å². The molecule has 0 N–H and O–H groups in total. The first-order valence-corrected chi connectivity index (χ1v) is 9.35. The molecule has 0 radical (unpaired) electrons. The molecule has 5 nitrogen and oxygen atoms in total. The summed E-state index contributed by atoms with van der Waals surface area (Å²) in [6.07, 6.45) is 5.32. The third kappa shape index (κ3) is 3.55. The molecule has 3 aromatic heterocycles. The van der Waals surface area contributed by atoms with Gasteiger partial charge in [0, 0.05) is 23.3 Å². The van der Waals surface area contributed by atoms with Crippen LogP contribution in [0.3, 0.4) is 0 Å². The normalized spacial score (nSPS) is 10.8. The van der Waals surface area contributed by atoms with Gasteiger partial charge in [-0.3, -0.25) is 4.79 Å². The highest BCUT2D eigenvalue weighted by atomic mass is 16.5. The van der Waals surface area contributed by atoms with Gasteiger partial charge in [0.2, 0.25) is 12.3 Å². The third-order valence-electron chi connectivity index (χ3n) is 4.98. The number of carbonyl (C=O) groups is 2. The number of methoxy groups -OCH3 is 1. The molecule has 0 aliphatic carbocycles. The number of ether oxygens (including phenoxy) is 1. The minimum atomic E-state index is -0.430. The van der Waals surface area contributed by atoms with Gasteiger partial charge in [0.25, 0.3) is 0 Å². The Balaban J connectivity index is 1.80. The highest BCUT2D eigenvalue weighted by molar-refractivity contribution is 6.02. The van der Waals surface area contributed by atoms with E-state index >= 15 is 0 Å². The van der Waals surface area contributed by atoms with Crippen LogP contribution in [0.25, 0.3) is 16.6 Å². The SMILES string of the molecule is COC(=O)c1ccc[n+](CC(=O)c2c(-c3ccccc3)cc3c(C)cccn23)c1. The van der Waals surface area contributed by atoms with Crippen LogP contribution in [0.5, 0.6) is 0 Å². The number of fused-ring (bicyclic) bond motifs is 1. The van der Waals surface area contributed by atoms with E-state index in [-0.39, 0.29) is 12.3 Å². The summed E-state index contributed by atoms with van der Waals surface area (Å²) in [4.78, 5) is 25.2. The van der Waals surface area contributed by atoms with Gasteiger partial charge in [0.1, 0.15) is 11.3 Å². The minimum Gasteiger partial charge on any atom is -0.465 e. The summed E-state index contributed by atoms with van der Waals surface area (Å²) in [7, 11) is 1.34. The van der Waals surface area contributed by atoms with Crippen LogP contribution in [-0.4, -0.2) is 23.3 Å². The number of aromatic nitrogens is 2. The number of benzene rings is 1. The number of aryl methyl sites for hydroxylation is 1. The maximum Gasteiger partial charge on any atom is 0.343 e. The summed E-state index contributed by atoms with van der Waals surface area (Å²) < 4.78 is 8.43. The Morgan fingerprint density at radius 3 is 2.59 bits per heavy atom. The average molecular weight is 385 g/mol. The summed E-state index contributed by atoms with van der Waals surface area (Å²) in [5, 5.41) is 0. The van der Waals surface area contributed by atoms with E-state index in [1.807, 2.05) is 60.0 Å². The molecule has 0 amide bonds. The van der Waals surface area contributed by atoms with Crippen molar-refractivity contribution < 1.29 is 18.9 Å². The van der Waals surface area contributed by atoms with E-state index in [0.29, 0.717) is 11.3 Å². The topological polar surface area (TPSA) is 51.7 Å². The van der Waals surface area contributed by atoms with Crippen molar-refractivity contribution in [1.82, 2.24) is 4.40 Å². The lowest BCUT2D eigenvalue weighted by atomic mass is 10.0. The Morgan fingerprint density at radius 1 is 1.03 bits per heavy atom. The standard InChI is InChI=1S/C24H21N2O3/c1-17-8-6-13-26-21(17)14-20(18-9-4-3-5-10-18)23(26)22(27)16-25-12-7-11-19(15-25)24(28)29-2/h3-15H,16H2,1-2H3/q+1. The second-order valence-corrected chi connectivity index (χ2v) is 6.90. The molecule has 0 saturated carbocycles. The first kappa shape index (κ1) is 18.6. The molecule has 4 rings (SSSR count). The van der Waals surface area contributed by atoms with Crippen LogP contribution < -0.4 is 4.57 Å². The van der Waals surface area contributed by atoms with Gasteiger partial charge >= 0.3 is 5.97 Å². The van der Waals surface area contributed by atoms with Crippen molar-refractivity contribution in [2.24, 2.45) is 0 Å². The van der Waals surface area contributed by atoms with Gasteiger partial charge in [0.15, 0.2) is 12.4 Å². The molecule has 0 aliphatic rings. The average Bonchev–Trinajstić information content (AvgIpc) is 3.15. The molecule has 3 heterocycles. The monoisotopic (exact) mass is 385 g/mol. The van der Waals surface area contributed by atoms with E-state index in [9.17, 15) is 9.59 Å². The number of nitrogens with zero attached hydrogens (tertiary/aromatic N) is 2. The molecule has 0 atom stereocenters. The van der Waals surface area contributed by atoms with Gasteiger partial charge in [-0.15, -0.1) is 0 Å². The first-order valence-electron chi connectivity index (χ1n) is 9.35. The predicted molar refractivity (Wildman–Crippen MR) is 110 cm³/mol. The molecule has 4 aromatic rings. The number of pyridine rings is 2. The first-order chi connectivity index (χ1) is 14.1. The number of rotatable bonds is 5. The lowest BCUT2D eigenvalue weighted by Gasteiger charge is -2.06. The van der Waals surface area contributed by atoms with Gasteiger partial charge in [-0.2, -0.15) is 4.57 Å². The lowest BCUT2D eigenvalue weighted by Crippen LogP contribution is -2.38. The lowest BCUT2D eigenvalue weighted by molar-refractivity contribution is -0.683.